The largest absolute Gasteiger partial charge is 0.341 e. The second-order valence-electron chi connectivity index (χ2n) is 8.06. The number of amides is 1. The maximum absolute atomic E-state index is 12.9. The Kier molecular flexibility index (Phi) is 6.78. The maximum Gasteiger partial charge on any atom is 0.242 e. The van der Waals surface area contributed by atoms with Crippen LogP contribution in [-0.4, -0.2) is 41.6 Å². The van der Waals surface area contributed by atoms with Gasteiger partial charge in [-0.25, -0.2) is 0 Å². The number of nitrogens with one attached hydrogen (secondary N) is 1. The molecule has 0 unspecified atom stereocenters. The molecule has 1 amide bonds. The number of piperidine rings is 2. The van der Waals surface area contributed by atoms with Crippen LogP contribution in [0, 0.1) is 18.8 Å². The first-order valence-corrected chi connectivity index (χ1v) is 10.2. The Morgan fingerprint density at radius 1 is 1.07 bits per heavy atom. The number of halogens is 1. The van der Waals surface area contributed by atoms with E-state index in [2.05, 4.69) is 5.32 Å². The zero-order valence-corrected chi connectivity index (χ0v) is 17.3. The zero-order valence-electron chi connectivity index (χ0n) is 16.5. The first-order chi connectivity index (χ1) is 13.1. The third-order valence-corrected chi connectivity index (χ3v) is 6.46. The number of aromatic nitrogens is 1. The number of rotatable bonds is 3. The highest BCUT2D eigenvalue weighted by atomic mass is 35.5. The molecule has 0 radical (unpaired) electrons. The highest BCUT2D eigenvalue weighted by Crippen LogP contribution is 2.30. The van der Waals surface area contributed by atoms with Crippen LogP contribution in [0.3, 0.4) is 0 Å². The number of hydrogen-bond donors (Lipinski definition) is 1. The van der Waals surface area contributed by atoms with Gasteiger partial charge in [0.25, 0.3) is 0 Å². The zero-order chi connectivity index (χ0) is 18.8. The second kappa shape index (κ2) is 9.10. The van der Waals surface area contributed by atoms with Crippen LogP contribution >= 0.6 is 12.4 Å². The summed E-state index contributed by atoms with van der Waals surface area (Å²) in [5.74, 6) is 1.76. The van der Waals surface area contributed by atoms with Crippen LogP contribution < -0.4 is 10.7 Å². The second-order valence-corrected chi connectivity index (χ2v) is 8.06. The summed E-state index contributed by atoms with van der Waals surface area (Å²) >= 11 is 0. The highest BCUT2D eigenvalue weighted by Gasteiger charge is 2.29. The fourth-order valence-corrected chi connectivity index (χ4v) is 4.83. The van der Waals surface area contributed by atoms with Gasteiger partial charge in [-0.2, -0.15) is 0 Å². The van der Waals surface area contributed by atoms with Crippen molar-refractivity contribution < 1.29 is 4.79 Å². The van der Waals surface area contributed by atoms with Gasteiger partial charge < -0.3 is 14.8 Å². The van der Waals surface area contributed by atoms with Crippen molar-refractivity contribution in [2.75, 3.05) is 26.2 Å². The third-order valence-electron chi connectivity index (χ3n) is 6.46. The number of hydrogen-bond acceptors (Lipinski definition) is 3. The molecule has 2 aromatic rings. The van der Waals surface area contributed by atoms with Gasteiger partial charge in [-0.1, -0.05) is 12.1 Å². The number of likely N-dealkylation sites (tertiary alicyclic amines) is 1. The molecule has 3 heterocycles. The van der Waals surface area contributed by atoms with Gasteiger partial charge in [0, 0.05) is 30.2 Å². The average Bonchev–Trinajstić information content (AvgIpc) is 2.72. The molecule has 152 valence electrons. The summed E-state index contributed by atoms with van der Waals surface area (Å²) in [5.41, 5.74) is 1.71. The lowest BCUT2D eigenvalue weighted by atomic mass is 9.79. The topological polar surface area (TPSA) is 54.3 Å². The molecule has 0 saturated carbocycles. The van der Waals surface area contributed by atoms with E-state index in [1.165, 1.54) is 12.8 Å². The summed E-state index contributed by atoms with van der Waals surface area (Å²) in [6.45, 7) is 6.23. The molecule has 5 nitrogen and oxygen atoms in total. The predicted molar refractivity (Wildman–Crippen MR) is 115 cm³/mol. The molecule has 6 heteroatoms. The fourth-order valence-electron chi connectivity index (χ4n) is 4.83. The standard InChI is InChI=1S/C22H29N3O2.ClH/c1-16-14-21(26)19-4-2-3-5-20(19)25(16)15-22(27)24-12-8-18(9-13-24)17-6-10-23-11-7-17;/h2-5,14,17-18,23H,6-13,15H2,1H3;1H. The Bertz CT molecular complexity index is 881. The van der Waals surface area contributed by atoms with Crippen LogP contribution in [0.4, 0.5) is 0 Å². The molecule has 1 aromatic heterocycles. The minimum Gasteiger partial charge on any atom is -0.341 e. The molecule has 0 aliphatic carbocycles. The van der Waals surface area contributed by atoms with Crippen molar-refractivity contribution in [3.8, 4) is 0 Å². The summed E-state index contributed by atoms with van der Waals surface area (Å²) in [4.78, 5) is 27.2. The summed E-state index contributed by atoms with van der Waals surface area (Å²) in [7, 11) is 0. The van der Waals surface area contributed by atoms with E-state index in [1.807, 2.05) is 40.7 Å². The SMILES string of the molecule is Cc1cc(=O)c2ccccc2n1CC(=O)N1CCC(C2CCNCC2)CC1.Cl. The van der Waals surface area contributed by atoms with E-state index in [9.17, 15) is 9.59 Å². The van der Waals surface area contributed by atoms with E-state index >= 15 is 0 Å². The molecular formula is C22H30ClN3O2. The Labute approximate surface area is 172 Å². The van der Waals surface area contributed by atoms with Gasteiger partial charge in [0.1, 0.15) is 6.54 Å². The molecule has 2 fully saturated rings. The monoisotopic (exact) mass is 403 g/mol. The molecule has 2 aliphatic rings. The molecule has 0 atom stereocenters. The Morgan fingerprint density at radius 2 is 1.71 bits per heavy atom. The first kappa shape index (κ1) is 20.9. The Morgan fingerprint density at radius 3 is 2.43 bits per heavy atom. The first-order valence-electron chi connectivity index (χ1n) is 10.2. The number of nitrogens with zero attached hydrogens (tertiary/aromatic N) is 2. The summed E-state index contributed by atoms with van der Waals surface area (Å²) < 4.78 is 1.98. The van der Waals surface area contributed by atoms with Crippen molar-refractivity contribution in [3.05, 3.63) is 46.2 Å². The minimum atomic E-state index is 0. The van der Waals surface area contributed by atoms with Crippen molar-refractivity contribution in [2.45, 2.75) is 39.2 Å². The predicted octanol–water partition coefficient (Wildman–Crippen LogP) is 2.97. The quantitative estimate of drug-likeness (QED) is 0.857. The summed E-state index contributed by atoms with van der Waals surface area (Å²) in [6.07, 6.45) is 4.81. The fraction of sp³-hybridized carbons (Fsp3) is 0.545. The molecule has 2 aliphatic heterocycles. The normalized spacial score (nSPS) is 18.8. The smallest absolute Gasteiger partial charge is 0.242 e. The van der Waals surface area contributed by atoms with Gasteiger partial charge >= 0.3 is 0 Å². The Hall–Kier alpha value is -1.85. The molecule has 0 bridgehead atoms. The Balaban J connectivity index is 0.00000225. The lowest BCUT2D eigenvalue weighted by Crippen LogP contribution is -2.43. The maximum atomic E-state index is 12.9. The van der Waals surface area contributed by atoms with Crippen LogP contribution in [0.1, 0.15) is 31.4 Å². The number of aryl methyl sites for hydroxylation is 1. The van der Waals surface area contributed by atoms with E-state index in [1.54, 1.807) is 6.07 Å². The summed E-state index contributed by atoms with van der Waals surface area (Å²) in [5, 5.41) is 4.12. The van der Waals surface area contributed by atoms with Crippen molar-refractivity contribution in [3.63, 3.8) is 0 Å². The van der Waals surface area contributed by atoms with Gasteiger partial charge in [0.05, 0.1) is 5.52 Å². The number of para-hydroxylation sites is 1. The van der Waals surface area contributed by atoms with E-state index in [4.69, 9.17) is 0 Å². The van der Waals surface area contributed by atoms with Gasteiger partial charge in [-0.15, -0.1) is 12.4 Å². The van der Waals surface area contributed by atoms with Crippen molar-refractivity contribution >= 4 is 29.2 Å². The molecule has 1 N–H and O–H groups in total. The van der Waals surface area contributed by atoms with Gasteiger partial charge in [0.15, 0.2) is 5.43 Å². The molecule has 4 rings (SSSR count). The van der Waals surface area contributed by atoms with E-state index in [0.29, 0.717) is 11.9 Å². The van der Waals surface area contributed by atoms with Gasteiger partial charge in [-0.3, -0.25) is 9.59 Å². The lowest BCUT2D eigenvalue weighted by molar-refractivity contribution is -0.133. The van der Waals surface area contributed by atoms with Crippen LogP contribution in [0.5, 0.6) is 0 Å². The van der Waals surface area contributed by atoms with Crippen LogP contribution in [0.15, 0.2) is 35.1 Å². The van der Waals surface area contributed by atoms with Crippen molar-refractivity contribution in [1.29, 1.82) is 0 Å². The van der Waals surface area contributed by atoms with E-state index < -0.39 is 0 Å². The average molecular weight is 404 g/mol. The molecule has 0 spiro atoms. The molecular weight excluding hydrogens is 374 g/mol. The van der Waals surface area contributed by atoms with Gasteiger partial charge in [0.2, 0.25) is 5.91 Å². The van der Waals surface area contributed by atoms with Crippen molar-refractivity contribution in [1.82, 2.24) is 14.8 Å². The number of carbonyl (C=O) groups is 1. The van der Waals surface area contributed by atoms with Gasteiger partial charge in [-0.05, 0) is 69.7 Å². The highest BCUT2D eigenvalue weighted by molar-refractivity contribution is 5.85. The number of fused-ring (bicyclic) bond motifs is 1. The van der Waals surface area contributed by atoms with E-state index in [0.717, 1.165) is 62.1 Å². The van der Waals surface area contributed by atoms with Crippen LogP contribution in [0.25, 0.3) is 10.9 Å². The third kappa shape index (κ3) is 4.26. The number of benzene rings is 1. The van der Waals surface area contributed by atoms with E-state index in [-0.39, 0.29) is 23.7 Å². The van der Waals surface area contributed by atoms with Crippen molar-refractivity contribution in [2.24, 2.45) is 11.8 Å². The number of carbonyl (C=O) groups excluding carboxylic acids is 1. The van der Waals surface area contributed by atoms with Crippen LogP contribution in [0.2, 0.25) is 0 Å². The number of pyridine rings is 1. The molecule has 1 aromatic carbocycles. The molecule has 2 saturated heterocycles. The van der Waals surface area contributed by atoms with Crippen LogP contribution in [-0.2, 0) is 11.3 Å². The lowest BCUT2D eigenvalue weighted by Gasteiger charge is -2.38. The summed E-state index contributed by atoms with van der Waals surface area (Å²) in [6, 6.07) is 9.20. The molecule has 28 heavy (non-hydrogen) atoms. The minimum absolute atomic E-state index is 0.